The number of nitrogens with zero attached hydrogens (tertiary/aromatic N) is 4. The van der Waals surface area contributed by atoms with Gasteiger partial charge in [0.25, 0.3) is 5.91 Å². The van der Waals surface area contributed by atoms with Crippen LogP contribution in [0.1, 0.15) is 23.2 Å². The SMILES string of the molecule is COC[C@H]1CCCN1C(=O)c1ccc2c(SC)cn(-c3ncc(-c4ccccc4F)cn3)c2c1. The van der Waals surface area contributed by atoms with E-state index >= 15 is 0 Å². The number of rotatable bonds is 6. The summed E-state index contributed by atoms with van der Waals surface area (Å²) in [6.45, 7) is 1.28. The monoisotopic (exact) mass is 476 g/mol. The number of likely N-dealkylation sites (tertiary alicyclic amines) is 1. The van der Waals surface area contributed by atoms with Crippen LogP contribution in [0.2, 0.25) is 0 Å². The Kier molecular flexibility index (Phi) is 6.34. The standard InChI is InChI=1S/C26H25FN4O2S/c1-33-16-19-6-5-11-30(19)25(32)17-9-10-21-23(12-17)31(15-24(21)34-2)26-28-13-18(14-29-26)20-7-3-4-8-22(20)27/h3-4,7-10,12-15,19H,5-6,11,16H2,1-2H3/t19-/m1/s1. The van der Waals surface area contributed by atoms with Gasteiger partial charge in [0.1, 0.15) is 5.82 Å². The molecule has 2 aromatic heterocycles. The lowest BCUT2D eigenvalue weighted by molar-refractivity contribution is 0.0631. The topological polar surface area (TPSA) is 60.2 Å². The van der Waals surface area contributed by atoms with E-state index in [-0.39, 0.29) is 17.8 Å². The van der Waals surface area contributed by atoms with E-state index in [1.165, 1.54) is 6.07 Å². The van der Waals surface area contributed by atoms with Gasteiger partial charge >= 0.3 is 0 Å². The van der Waals surface area contributed by atoms with Crippen LogP contribution in [0.25, 0.3) is 28.0 Å². The predicted octanol–water partition coefficient (Wildman–Crippen LogP) is 5.20. The van der Waals surface area contributed by atoms with Crippen molar-refractivity contribution < 1.29 is 13.9 Å². The van der Waals surface area contributed by atoms with Crippen molar-refractivity contribution in [3.8, 4) is 17.1 Å². The van der Waals surface area contributed by atoms with Crippen LogP contribution in [0.15, 0.2) is 66.0 Å². The highest BCUT2D eigenvalue weighted by molar-refractivity contribution is 7.98. The van der Waals surface area contributed by atoms with Gasteiger partial charge in [0.15, 0.2) is 0 Å². The molecule has 1 aliphatic heterocycles. The highest BCUT2D eigenvalue weighted by Gasteiger charge is 2.29. The highest BCUT2D eigenvalue weighted by Crippen LogP contribution is 2.32. The van der Waals surface area contributed by atoms with Gasteiger partial charge in [-0.3, -0.25) is 9.36 Å². The summed E-state index contributed by atoms with van der Waals surface area (Å²) >= 11 is 1.62. The second-order valence-electron chi connectivity index (χ2n) is 8.30. The second kappa shape index (κ2) is 9.56. The number of hydrogen-bond acceptors (Lipinski definition) is 5. The first-order chi connectivity index (χ1) is 16.6. The fraction of sp³-hybridized carbons (Fsp3) is 0.269. The third-order valence-electron chi connectivity index (χ3n) is 6.27. The zero-order valence-electron chi connectivity index (χ0n) is 19.1. The van der Waals surface area contributed by atoms with Gasteiger partial charge in [-0.1, -0.05) is 24.3 Å². The van der Waals surface area contributed by atoms with Gasteiger partial charge in [0, 0.05) is 59.2 Å². The first-order valence-electron chi connectivity index (χ1n) is 11.2. The molecule has 6 nitrogen and oxygen atoms in total. The Bertz CT molecular complexity index is 1340. The molecule has 1 saturated heterocycles. The second-order valence-corrected chi connectivity index (χ2v) is 9.15. The van der Waals surface area contributed by atoms with Crippen molar-refractivity contribution in [1.82, 2.24) is 19.4 Å². The molecule has 0 bridgehead atoms. The van der Waals surface area contributed by atoms with E-state index in [4.69, 9.17) is 4.74 Å². The van der Waals surface area contributed by atoms with Crippen molar-refractivity contribution in [2.75, 3.05) is 26.5 Å². The minimum atomic E-state index is -0.313. The molecule has 1 aliphatic rings. The molecule has 34 heavy (non-hydrogen) atoms. The van der Waals surface area contributed by atoms with E-state index in [9.17, 15) is 9.18 Å². The van der Waals surface area contributed by atoms with Crippen molar-refractivity contribution in [3.63, 3.8) is 0 Å². The zero-order valence-corrected chi connectivity index (χ0v) is 19.9. The summed E-state index contributed by atoms with van der Waals surface area (Å²) in [5.74, 6) is 0.163. The van der Waals surface area contributed by atoms with Gasteiger partial charge in [0.05, 0.1) is 18.2 Å². The maximum Gasteiger partial charge on any atom is 0.254 e. The van der Waals surface area contributed by atoms with Crippen LogP contribution in [0.4, 0.5) is 4.39 Å². The summed E-state index contributed by atoms with van der Waals surface area (Å²) < 4.78 is 21.4. The molecular weight excluding hydrogens is 451 g/mol. The molecule has 8 heteroatoms. The van der Waals surface area contributed by atoms with Crippen LogP contribution in [0.3, 0.4) is 0 Å². The van der Waals surface area contributed by atoms with E-state index < -0.39 is 0 Å². The average molecular weight is 477 g/mol. The number of thioether (sulfide) groups is 1. The smallest absolute Gasteiger partial charge is 0.254 e. The number of methoxy groups -OCH3 is 1. The van der Waals surface area contributed by atoms with Gasteiger partial charge < -0.3 is 9.64 Å². The summed E-state index contributed by atoms with van der Waals surface area (Å²) in [5.41, 5.74) is 2.56. The molecule has 3 heterocycles. The van der Waals surface area contributed by atoms with Gasteiger partial charge in [-0.2, -0.15) is 0 Å². The summed E-state index contributed by atoms with van der Waals surface area (Å²) in [5, 5.41) is 1.03. The normalized spacial score (nSPS) is 15.9. The van der Waals surface area contributed by atoms with Crippen molar-refractivity contribution in [2.45, 2.75) is 23.8 Å². The molecule has 5 rings (SSSR count). The highest BCUT2D eigenvalue weighted by atomic mass is 32.2. The Morgan fingerprint density at radius 2 is 2.00 bits per heavy atom. The van der Waals surface area contributed by atoms with Gasteiger partial charge in [-0.25, -0.2) is 14.4 Å². The van der Waals surface area contributed by atoms with Crippen molar-refractivity contribution >= 4 is 28.6 Å². The van der Waals surface area contributed by atoms with Crippen LogP contribution < -0.4 is 0 Å². The van der Waals surface area contributed by atoms with Crippen LogP contribution in [0.5, 0.6) is 0 Å². The van der Waals surface area contributed by atoms with E-state index in [0.29, 0.717) is 29.2 Å². The van der Waals surface area contributed by atoms with E-state index in [1.807, 2.05) is 40.1 Å². The lowest BCUT2D eigenvalue weighted by Gasteiger charge is -2.24. The summed E-state index contributed by atoms with van der Waals surface area (Å²) in [6, 6.07) is 12.5. The largest absolute Gasteiger partial charge is 0.383 e. The third-order valence-corrected chi connectivity index (χ3v) is 7.04. The summed E-state index contributed by atoms with van der Waals surface area (Å²) in [7, 11) is 1.67. The Morgan fingerprint density at radius 1 is 1.21 bits per heavy atom. The molecule has 4 aromatic rings. The van der Waals surface area contributed by atoms with Crippen molar-refractivity contribution in [2.24, 2.45) is 0 Å². The van der Waals surface area contributed by atoms with Gasteiger partial charge in [0.2, 0.25) is 5.95 Å². The Hall–Kier alpha value is -3.23. The predicted molar refractivity (Wildman–Crippen MR) is 132 cm³/mol. The van der Waals surface area contributed by atoms with Crippen LogP contribution in [-0.2, 0) is 4.74 Å². The number of fused-ring (bicyclic) bond motifs is 1. The van der Waals surface area contributed by atoms with Crippen LogP contribution in [0, 0.1) is 5.82 Å². The lowest BCUT2D eigenvalue weighted by Crippen LogP contribution is -2.38. The van der Waals surface area contributed by atoms with E-state index in [0.717, 1.165) is 35.2 Å². The Balaban J connectivity index is 1.53. The molecule has 174 valence electrons. The fourth-order valence-electron chi connectivity index (χ4n) is 4.57. The number of halogens is 1. The van der Waals surface area contributed by atoms with Crippen molar-refractivity contribution in [3.05, 3.63) is 72.4 Å². The Morgan fingerprint density at radius 3 is 2.74 bits per heavy atom. The third kappa shape index (κ3) is 4.08. The summed E-state index contributed by atoms with van der Waals surface area (Å²) in [4.78, 5) is 25.3. The van der Waals surface area contributed by atoms with E-state index in [2.05, 4.69) is 9.97 Å². The van der Waals surface area contributed by atoms with Crippen LogP contribution in [-0.4, -0.2) is 57.9 Å². The molecule has 1 atom stereocenters. The number of amides is 1. The van der Waals surface area contributed by atoms with Gasteiger partial charge in [-0.05, 0) is 37.3 Å². The molecule has 0 spiro atoms. The van der Waals surface area contributed by atoms with Gasteiger partial charge in [-0.15, -0.1) is 11.8 Å². The molecule has 0 aliphatic carbocycles. The molecule has 1 amide bonds. The van der Waals surface area contributed by atoms with Crippen molar-refractivity contribution in [1.29, 1.82) is 0 Å². The van der Waals surface area contributed by atoms with Crippen LogP contribution >= 0.6 is 11.8 Å². The number of carbonyl (C=O) groups is 1. The number of benzene rings is 2. The van der Waals surface area contributed by atoms with E-state index in [1.54, 1.807) is 49.5 Å². The minimum Gasteiger partial charge on any atom is -0.383 e. The number of hydrogen-bond donors (Lipinski definition) is 0. The number of carbonyl (C=O) groups excluding carboxylic acids is 1. The molecule has 0 N–H and O–H groups in total. The molecular formula is C26H25FN4O2S. The Labute approximate surface area is 201 Å². The number of ether oxygens (including phenoxy) is 1. The molecule has 2 aromatic carbocycles. The number of aromatic nitrogens is 3. The molecule has 0 saturated carbocycles. The lowest BCUT2D eigenvalue weighted by atomic mass is 10.1. The maximum atomic E-state index is 14.2. The quantitative estimate of drug-likeness (QED) is 0.358. The molecule has 0 unspecified atom stereocenters. The first-order valence-corrected chi connectivity index (χ1v) is 12.4. The zero-order chi connectivity index (χ0) is 23.7. The summed E-state index contributed by atoms with van der Waals surface area (Å²) in [6.07, 6.45) is 9.18. The molecule has 0 radical (unpaired) electrons. The molecule has 1 fully saturated rings. The first kappa shape index (κ1) is 22.6. The fourth-order valence-corrected chi connectivity index (χ4v) is 5.17. The maximum absolute atomic E-state index is 14.2. The average Bonchev–Trinajstić information content (AvgIpc) is 3.48. The minimum absolute atomic E-state index is 0.00993.